The largest absolute Gasteiger partial charge is 0.464 e. The van der Waals surface area contributed by atoms with Crippen LogP contribution in [0.5, 0.6) is 5.75 Å². The first-order chi connectivity index (χ1) is 10.5. The van der Waals surface area contributed by atoms with Crippen molar-refractivity contribution in [2.75, 3.05) is 6.61 Å². The van der Waals surface area contributed by atoms with Crippen molar-refractivity contribution in [2.45, 2.75) is 39.7 Å². The number of carbonyl (C=O) groups excluding carboxylic acids is 3. The molecule has 6 nitrogen and oxygen atoms in total. The van der Waals surface area contributed by atoms with Crippen molar-refractivity contribution in [3.63, 3.8) is 0 Å². The molecule has 1 unspecified atom stereocenters. The molecule has 0 saturated carbocycles. The Morgan fingerprint density at radius 1 is 1.18 bits per heavy atom. The second-order valence-electron chi connectivity index (χ2n) is 4.65. The number of rotatable bonds is 7. The molecule has 0 bridgehead atoms. The molecule has 0 aliphatic carbocycles. The fourth-order valence-electron chi connectivity index (χ4n) is 1.78. The van der Waals surface area contributed by atoms with Gasteiger partial charge in [-0.3, -0.25) is 9.59 Å². The molecular formula is C16H21NO5. The molecule has 0 saturated heterocycles. The number of nitrogens with one attached hydrogen (secondary N) is 1. The predicted molar refractivity (Wildman–Crippen MR) is 80.2 cm³/mol. The summed E-state index contributed by atoms with van der Waals surface area (Å²) in [5.74, 6) is -1.15. The lowest BCUT2D eigenvalue weighted by atomic mass is 10.1. The van der Waals surface area contributed by atoms with Crippen LogP contribution in [-0.4, -0.2) is 24.5 Å². The molecule has 0 aromatic heterocycles. The van der Waals surface area contributed by atoms with Crippen LogP contribution < -0.4 is 10.1 Å². The fourth-order valence-corrected chi connectivity index (χ4v) is 1.78. The summed E-state index contributed by atoms with van der Waals surface area (Å²) >= 11 is 0. The Morgan fingerprint density at radius 3 is 2.45 bits per heavy atom. The average molecular weight is 307 g/mol. The maximum atomic E-state index is 12.2. The van der Waals surface area contributed by atoms with Gasteiger partial charge in [0, 0.05) is 18.9 Å². The Morgan fingerprint density at radius 2 is 1.86 bits per heavy atom. The molecule has 1 N–H and O–H groups in total. The van der Waals surface area contributed by atoms with Crippen molar-refractivity contribution < 1.29 is 23.9 Å². The molecule has 0 radical (unpaired) electrons. The third-order valence-electron chi connectivity index (χ3n) is 2.79. The minimum Gasteiger partial charge on any atom is -0.464 e. The smallest absolute Gasteiger partial charge is 0.333 e. The second-order valence-corrected chi connectivity index (χ2v) is 4.65. The lowest BCUT2D eigenvalue weighted by Crippen LogP contribution is -2.35. The van der Waals surface area contributed by atoms with Crippen LogP contribution in [0.1, 0.15) is 45.2 Å². The molecule has 1 atom stereocenters. The Balaban J connectivity index is 3.11. The summed E-state index contributed by atoms with van der Waals surface area (Å²) < 4.78 is 10.2. The zero-order chi connectivity index (χ0) is 16.5. The van der Waals surface area contributed by atoms with Crippen LogP contribution in [0, 0.1) is 0 Å². The molecule has 22 heavy (non-hydrogen) atoms. The van der Waals surface area contributed by atoms with Gasteiger partial charge in [-0.25, -0.2) is 4.79 Å². The fraction of sp³-hybridized carbons (Fsp3) is 0.438. The van der Waals surface area contributed by atoms with Gasteiger partial charge in [-0.1, -0.05) is 32.0 Å². The molecule has 1 aromatic carbocycles. The number of esters is 2. The number of para-hydroxylation sites is 1. The van der Waals surface area contributed by atoms with Gasteiger partial charge in [0.05, 0.1) is 6.61 Å². The van der Waals surface area contributed by atoms with E-state index in [1.807, 2.05) is 6.92 Å². The Kier molecular flexibility index (Phi) is 7.08. The van der Waals surface area contributed by atoms with Gasteiger partial charge in [-0.15, -0.1) is 0 Å². The molecule has 1 amide bonds. The third kappa shape index (κ3) is 5.20. The first-order valence-corrected chi connectivity index (χ1v) is 7.22. The molecule has 120 valence electrons. The summed E-state index contributed by atoms with van der Waals surface area (Å²) in [6.45, 7) is 5.08. The van der Waals surface area contributed by atoms with Crippen LogP contribution in [0.2, 0.25) is 0 Å². The van der Waals surface area contributed by atoms with E-state index in [2.05, 4.69) is 5.32 Å². The van der Waals surface area contributed by atoms with Gasteiger partial charge in [0.15, 0.2) is 6.04 Å². The average Bonchev–Trinajstić information content (AvgIpc) is 2.50. The van der Waals surface area contributed by atoms with Crippen LogP contribution in [0.4, 0.5) is 0 Å². The summed E-state index contributed by atoms with van der Waals surface area (Å²) in [5, 5.41) is 2.60. The molecule has 6 heteroatoms. The number of amides is 1. The molecule has 1 aromatic rings. The van der Waals surface area contributed by atoms with E-state index >= 15 is 0 Å². The van der Waals surface area contributed by atoms with E-state index in [0.717, 1.165) is 0 Å². The highest BCUT2D eigenvalue weighted by Gasteiger charge is 2.27. The lowest BCUT2D eigenvalue weighted by Gasteiger charge is -2.19. The van der Waals surface area contributed by atoms with Crippen LogP contribution in [0.25, 0.3) is 0 Å². The van der Waals surface area contributed by atoms with Crippen LogP contribution in [0.3, 0.4) is 0 Å². The van der Waals surface area contributed by atoms with Crippen molar-refractivity contribution in [3.05, 3.63) is 29.8 Å². The Hall–Kier alpha value is -2.37. The SMILES string of the molecule is CCCOC(=O)C(NC(=O)CC)c1ccccc1OC(C)=O. The second kappa shape index (κ2) is 8.81. The zero-order valence-corrected chi connectivity index (χ0v) is 13.0. The summed E-state index contributed by atoms with van der Waals surface area (Å²) in [6, 6.07) is 5.55. The van der Waals surface area contributed by atoms with Crippen molar-refractivity contribution in [2.24, 2.45) is 0 Å². The van der Waals surface area contributed by atoms with E-state index < -0.39 is 18.0 Å². The van der Waals surface area contributed by atoms with Crippen LogP contribution in [-0.2, 0) is 19.1 Å². The molecule has 0 aliphatic rings. The topological polar surface area (TPSA) is 81.7 Å². The lowest BCUT2D eigenvalue weighted by molar-refractivity contribution is -0.148. The minimum atomic E-state index is -1.01. The van der Waals surface area contributed by atoms with Gasteiger partial charge in [0.1, 0.15) is 5.75 Å². The first kappa shape index (κ1) is 17.7. The first-order valence-electron chi connectivity index (χ1n) is 7.22. The van der Waals surface area contributed by atoms with Crippen molar-refractivity contribution in [1.82, 2.24) is 5.32 Å². The minimum absolute atomic E-state index is 0.227. The molecular weight excluding hydrogens is 286 g/mol. The summed E-state index contributed by atoms with van der Waals surface area (Å²) in [6.07, 6.45) is 0.902. The number of ether oxygens (including phenoxy) is 2. The maximum Gasteiger partial charge on any atom is 0.333 e. The molecule has 0 spiro atoms. The monoisotopic (exact) mass is 307 g/mol. The van der Waals surface area contributed by atoms with E-state index in [1.165, 1.54) is 6.92 Å². The number of benzene rings is 1. The molecule has 0 aliphatic heterocycles. The van der Waals surface area contributed by atoms with Crippen LogP contribution in [0.15, 0.2) is 24.3 Å². The zero-order valence-electron chi connectivity index (χ0n) is 13.0. The molecule has 0 heterocycles. The van der Waals surface area contributed by atoms with Gasteiger partial charge < -0.3 is 14.8 Å². The van der Waals surface area contributed by atoms with Crippen molar-refractivity contribution in [3.8, 4) is 5.75 Å². The normalized spacial score (nSPS) is 11.4. The molecule has 1 rings (SSSR count). The number of hydrogen-bond donors (Lipinski definition) is 1. The highest BCUT2D eigenvalue weighted by Crippen LogP contribution is 2.26. The Bertz CT molecular complexity index is 541. The third-order valence-corrected chi connectivity index (χ3v) is 2.79. The highest BCUT2D eigenvalue weighted by molar-refractivity contribution is 5.86. The van der Waals surface area contributed by atoms with Gasteiger partial charge in [0.25, 0.3) is 0 Å². The summed E-state index contributed by atoms with van der Waals surface area (Å²) in [7, 11) is 0. The van der Waals surface area contributed by atoms with E-state index in [1.54, 1.807) is 31.2 Å². The predicted octanol–water partition coefficient (Wildman–Crippen LogP) is 2.13. The maximum absolute atomic E-state index is 12.2. The summed E-state index contributed by atoms with van der Waals surface area (Å²) in [5.41, 5.74) is 0.389. The van der Waals surface area contributed by atoms with Gasteiger partial charge in [-0.05, 0) is 12.5 Å². The quantitative estimate of drug-likeness (QED) is 0.616. The van der Waals surface area contributed by atoms with Crippen LogP contribution >= 0.6 is 0 Å². The van der Waals surface area contributed by atoms with E-state index in [9.17, 15) is 14.4 Å². The van der Waals surface area contributed by atoms with Gasteiger partial charge in [0.2, 0.25) is 5.91 Å². The number of hydrogen-bond acceptors (Lipinski definition) is 5. The molecule has 0 fully saturated rings. The van der Waals surface area contributed by atoms with E-state index in [0.29, 0.717) is 12.0 Å². The van der Waals surface area contributed by atoms with Crippen molar-refractivity contribution in [1.29, 1.82) is 0 Å². The van der Waals surface area contributed by atoms with Gasteiger partial charge in [-0.2, -0.15) is 0 Å². The van der Waals surface area contributed by atoms with Gasteiger partial charge >= 0.3 is 11.9 Å². The number of carbonyl (C=O) groups is 3. The Labute approximate surface area is 129 Å². The van der Waals surface area contributed by atoms with E-state index in [-0.39, 0.29) is 24.7 Å². The van der Waals surface area contributed by atoms with Crippen molar-refractivity contribution >= 4 is 17.8 Å². The summed E-state index contributed by atoms with van der Waals surface area (Å²) in [4.78, 5) is 35.1. The highest BCUT2D eigenvalue weighted by atomic mass is 16.5. The van der Waals surface area contributed by atoms with E-state index in [4.69, 9.17) is 9.47 Å². The standard InChI is InChI=1S/C16H21NO5/c1-4-10-21-16(20)15(17-14(19)5-2)12-8-6-7-9-13(12)22-11(3)18/h6-9,15H,4-5,10H2,1-3H3,(H,17,19).